The van der Waals surface area contributed by atoms with Crippen molar-refractivity contribution in [2.75, 3.05) is 13.2 Å². The Morgan fingerprint density at radius 3 is 2.67 bits per heavy atom. The summed E-state index contributed by atoms with van der Waals surface area (Å²) < 4.78 is 17.4. The lowest BCUT2D eigenvalue weighted by atomic mass is 10.0. The van der Waals surface area contributed by atoms with Crippen LogP contribution in [0.4, 0.5) is 0 Å². The number of nitrogens with zero attached hydrogens (tertiary/aromatic N) is 3. The third-order valence-electron chi connectivity index (χ3n) is 3.72. The summed E-state index contributed by atoms with van der Waals surface area (Å²) in [5.41, 5.74) is 9.46. The molecule has 0 aliphatic carbocycles. The van der Waals surface area contributed by atoms with Crippen molar-refractivity contribution < 1.29 is 24.4 Å². The van der Waals surface area contributed by atoms with Gasteiger partial charge < -0.3 is 24.4 Å². The number of hydrogen-bond donors (Lipinski definition) is 2. The molecule has 1 heterocycles. The van der Waals surface area contributed by atoms with Crippen LogP contribution >= 0.6 is 0 Å². The number of hydrogen-bond acceptors (Lipinski definition) is 6. The zero-order chi connectivity index (χ0) is 17.6. The molecule has 4 unspecified atom stereocenters. The highest BCUT2D eigenvalue weighted by Gasteiger charge is 2.47. The minimum atomic E-state index is -1.15. The molecule has 0 amide bonds. The van der Waals surface area contributed by atoms with Gasteiger partial charge in [0.2, 0.25) is 0 Å². The molecule has 0 radical (unpaired) electrons. The summed E-state index contributed by atoms with van der Waals surface area (Å²) in [6.45, 7) is 3.28. The Kier molecular flexibility index (Phi) is 6.56. The lowest BCUT2D eigenvalue weighted by Gasteiger charge is -2.29. The van der Waals surface area contributed by atoms with Crippen LogP contribution in [0.1, 0.15) is 19.4 Å². The van der Waals surface area contributed by atoms with Gasteiger partial charge in [0.25, 0.3) is 0 Å². The van der Waals surface area contributed by atoms with Crippen molar-refractivity contribution in [2.45, 2.75) is 50.7 Å². The van der Waals surface area contributed by atoms with Gasteiger partial charge in [0, 0.05) is 4.91 Å². The molecule has 24 heavy (non-hydrogen) atoms. The molecule has 0 aromatic heterocycles. The lowest BCUT2D eigenvalue weighted by Crippen LogP contribution is -2.47. The molecule has 1 aliphatic rings. The molecule has 0 bridgehead atoms. The van der Waals surface area contributed by atoms with Crippen LogP contribution in [0, 0.1) is 0 Å². The van der Waals surface area contributed by atoms with E-state index in [0.717, 1.165) is 5.56 Å². The van der Waals surface area contributed by atoms with Gasteiger partial charge in [-0.2, -0.15) is 0 Å². The minimum absolute atomic E-state index is 0.0495. The van der Waals surface area contributed by atoms with Crippen molar-refractivity contribution in [3.8, 4) is 0 Å². The van der Waals surface area contributed by atoms with Gasteiger partial charge in [-0.25, -0.2) is 0 Å². The maximum absolute atomic E-state index is 10.2. The van der Waals surface area contributed by atoms with E-state index < -0.39 is 36.8 Å². The number of ether oxygens (including phenoxy) is 3. The molecular formula is C16H23N3O5. The Morgan fingerprint density at radius 1 is 1.33 bits per heavy atom. The molecule has 8 nitrogen and oxygen atoms in total. The van der Waals surface area contributed by atoms with Crippen LogP contribution in [0.15, 0.2) is 35.4 Å². The first kappa shape index (κ1) is 18.7. The third-order valence-corrected chi connectivity index (χ3v) is 3.72. The average molecular weight is 337 g/mol. The highest BCUT2D eigenvalue weighted by Crippen LogP contribution is 2.32. The van der Waals surface area contributed by atoms with E-state index in [1.54, 1.807) is 13.8 Å². The highest BCUT2D eigenvalue weighted by atomic mass is 16.8. The van der Waals surface area contributed by atoms with Crippen molar-refractivity contribution in [3.63, 3.8) is 0 Å². The molecule has 4 atom stereocenters. The Morgan fingerprint density at radius 2 is 2.04 bits per heavy atom. The molecule has 2 rings (SSSR count). The van der Waals surface area contributed by atoms with Crippen LogP contribution < -0.4 is 0 Å². The van der Waals surface area contributed by atoms with Crippen molar-refractivity contribution in [3.05, 3.63) is 46.3 Å². The molecule has 1 fully saturated rings. The van der Waals surface area contributed by atoms with Crippen LogP contribution in [0.25, 0.3) is 10.4 Å². The van der Waals surface area contributed by atoms with Crippen LogP contribution in [0.5, 0.6) is 0 Å². The Bertz CT molecular complexity index is 562. The van der Waals surface area contributed by atoms with Gasteiger partial charge in [-0.3, -0.25) is 0 Å². The summed E-state index contributed by atoms with van der Waals surface area (Å²) in [7, 11) is 0. The largest absolute Gasteiger partial charge is 0.394 e. The van der Waals surface area contributed by atoms with Crippen molar-refractivity contribution in [1.29, 1.82) is 0 Å². The van der Waals surface area contributed by atoms with E-state index in [9.17, 15) is 10.2 Å². The molecule has 8 heteroatoms. The molecule has 0 spiro atoms. The monoisotopic (exact) mass is 337 g/mol. The van der Waals surface area contributed by atoms with Crippen molar-refractivity contribution >= 4 is 0 Å². The van der Waals surface area contributed by atoms with Gasteiger partial charge in [0.05, 0.1) is 25.9 Å². The smallest absolute Gasteiger partial charge is 0.163 e. The second kappa shape index (κ2) is 8.43. The highest BCUT2D eigenvalue weighted by molar-refractivity contribution is 5.13. The molecule has 0 saturated carbocycles. The quantitative estimate of drug-likeness (QED) is 0.426. The van der Waals surface area contributed by atoms with E-state index in [0.29, 0.717) is 0 Å². The predicted molar refractivity (Wildman–Crippen MR) is 85.9 cm³/mol. The number of benzene rings is 1. The van der Waals surface area contributed by atoms with E-state index in [-0.39, 0.29) is 13.2 Å². The number of aliphatic hydroxyl groups is 2. The van der Waals surface area contributed by atoms with Gasteiger partial charge in [0.15, 0.2) is 5.79 Å². The number of aliphatic hydroxyl groups excluding tert-OH is 2. The summed E-state index contributed by atoms with van der Waals surface area (Å²) in [6, 6.07) is 9.47. The van der Waals surface area contributed by atoms with E-state index in [1.807, 2.05) is 30.3 Å². The molecule has 1 aliphatic heterocycles. The predicted octanol–water partition coefficient (Wildman–Crippen LogP) is 1.76. The molecule has 1 saturated heterocycles. The van der Waals surface area contributed by atoms with E-state index in [4.69, 9.17) is 19.7 Å². The molecule has 132 valence electrons. The van der Waals surface area contributed by atoms with E-state index in [2.05, 4.69) is 10.0 Å². The molecular weight excluding hydrogens is 314 g/mol. The third kappa shape index (κ3) is 4.91. The fourth-order valence-electron chi connectivity index (χ4n) is 2.70. The van der Waals surface area contributed by atoms with Gasteiger partial charge in [-0.1, -0.05) is 35.4 Å². The summed E-state index contributed by atoms with van der Waals surface area (Å²) in [5.74, 6) is -0.899. The van der Waals surface area contributed by atoms with Gasteiger partial charge in [-0.05, 0) is 24.9 Å². The summed E-state index contributed by atoms with van der Waals surface area (Å²) in [6.07, 6.45) is -3.21. The zero-order valence-corrected chi connectivity index (χ0v) is 13.8. The van der Waals surface area contributed by atoms with E-state index >= 15 is 0 Å². The summed E-state index contributed by atoms with van der Waals surface area (Å²) in [5, 5.41) is 23.0. The topological polar surface area (TPSA) is 117 Å². The van der Waals surface area contributed by atoms with Crippen LogP contribution in [-0.4, -0.2) is 53.6 Å². The number of azide groups is 1. The van der Waals surface area contributed by atoms with Gasteiger partial charge in [-0.15, -0.1) is 0 Å². The lowest BCUT2D eigenvalue weighted by molar-refractivity contribution is -0.175. The second-order valence-corrected chi connectivity index (χ2v) is 6.06. The van der Waals surface area contributed by atoms with Crippen LogP contribution in [0.2, 0.25) is 0 Å². The molecule has 1 aromatic rings. The first-order chi connectivity index (χ1) is 11.5. The average Bonchev–Trinajstić information content (AvgIpc) is 2.88. The van der Waals surface area contributed by atoms with E-state index in [1.165, 1.54) is 0 Å². The number of rotatable bonds is 8. The Labute approximate surface area is 140 Å². The second-order valence-electron chi connectivity index (χ2n) is 6.06. The Hall–Kier alpha value is -1.67. The normalized spacial score (nSPS) is 25.0. The first-order valence-corrected chi connectivity index (χ1v) is 7.78. The fourth-order valence-corrected chi connectivity index (χ4v) is 2.70. The Balaban J connectivity index is 2.13. The maximum atomic E-state index is 10.2. The summed E-state index contributed by atoms with van der Waals surface area (Å²) in [4.78, 5) is 2.74. The minimum Gasteiger partial charge on any atom is -0.394 e. The maximum Gasteiger partial charge on any atom is 0.163 e. The van der Waals surface area contributed by atoms with Gasteiger partial charge in [0.1, 0.15) is 18.3 Å². The van der Waals surface area contributed by atoms with Crippen LogP contribution in [-0.2, 0) is 20.8 Å². The van der Waals surface area contributed by atoms with Crippen LogP contribution in [0.3, 0.4) is 0 Å². The summed E-state index contributed by atoms with van der Waals surface area (Å²) >= 11 is 0. The SMILES string of the molecule is CC1(C)OC(CN=[N+]=[N-])C(C(OCc2ccccc2)C(O)CO)O1. The fraction of sp³-hybridized carbons (Fsp3) is 0.625. The molecule has 1 aromatic carbocycles. The molecule has 2 N–H and O–H groups in total. The standard InChI is InChI=1S/C16H23N3O5/c1-16(2)23-13(8-18-19-17)15(24-16)14(12(21)9-20)22-10-11-6-4-3-5-7-11/h3-7,12-15,20-21H,8-10H2,1-2H3. The van der Waals surface area contributed by atoms with Crippen molar-refractivity contribution in [2.24, 2.45) is 5.11 Å². The van der Waals surface area contributed by atoms with Crippen molar-refractivity contribution in [1.82, 2.24) is 0 Å². The first-order valence-electron chi connectivity index (χ1n) is 7.78. The van der Waals surface area contributed by atoms with Gasteiger partial charge >= 0.3 is 0 Å². The zero-order valence-electron chi connectivity index (χ0n) is 13.8.